The van der Waals surface area contributed by atoms with Crippen molar-refractivity contribution in [3.63, 3.8) is 0 Å². The van der Waals surface area contributed by atoms with E-state index in [1.54, 1.807) is 24.3 Å². The summed E-state index contributed by atoms with van der Waals surface area (Å²) < 4.78 is 18.5. The second-order valence-electron chi connectivity index (χ2n) is 5.15. The molecular formula is C18H16FNO4. The van der Waals surface area contributed by atoms with Gasteiger partial charge in [0.15, 0.2) is 11.9 Å². The van der Waals surface area contributed by atoms with Gasteiger partial charge >= 0.3 is 5.97 Å². The van der Waals surface area contributed by atoms with Crippen LogP contribution in [0.4, 0.5) is 10.1 Å². The van der Waals surface area contributed by atoms with Gasteiger partial charge in [-0.05, 0) is 50.2 Å². The normalized spacial score (nSPS) is 11.5. The van der Waals surface area contributed by atoms with Gasteiger partial charge in [-0.1, -0.05) is 12.1 Å². The Bertz CT molecular complexity index is 771. The van der Waals surface area contributed by atoms with Crippen LogP contribution in [0, 0.1) is 5.82 Å². The summed E-state index contributed by atoms with van der Waals surface area (Å²) in [4.78, 5) is 35.1. The molecule has 0 aromatic heterocycles. The minimum atomic E-state index is -1.11. The number of halogens is 1. The van der Waals surface area contributed by atoms with Gasteiger partial charge in [-0.15, -0.1) is 0 Å². The van der Waals surface area contributed by atoms with E-state index in [2.05, 4.69) is 5.32 Å². The first-order valence-electron chi connectivity index (χ1n) is 7.26. The van der Waals surface area contributed by atoms with Crippen molar-refractivity contribution in [2.24, 2.45) is 0 Å². The standard InChI is InChI=1S/C18H16FNO4/c1-11(21)13-7-9-14(10-8-13)20-17(22)12(2)24-18(23)15-5-3-4-6-16(15)19/h3-10,12H,1-2H3,(H,20,22)/t12-/m0/s1. The number of hydrogen-bond donors (Lipinski definition) is 1. The number of rotatable bonds is 5. The van der Waals surface area contributed by atoms with Gasteiger partial charge in [-0.3, -0.25) is 9.59 Å². The highest BCUT2D eigenvalue weighted by molar-refractivity contribution is 5.98. The van der Waals surface area contributed by atoms with Gasteiger partial charge in [0.2, 0.25) is 0 Å². The van der Waals surface area contributed by atoms with E-state index >= 15 is 0 Å². The molecule has 2 rings (SSSR count). The molecule has 0 saturated heterocycles. The Hall–Kier alpha value is -3.02. The van der Waals surface area contributed by atoms with Crippen LogP contribution >= 0.6 is 0 Å². The van der Waals surface area contributed by atoms with Crippen LogP contribution in [0.25, 0.3) is 0 Å². The zero-order valence-electron chi connectivity index (χ0n) is 13.2. The van der Waals surface area contributed by atoms with Crippen LogP contribution < -0.4 is 5.32 Å². The summed E-state index contributed by atoms with van der Waals surface area (Å²) in [5.74, 6) is -2.27. The van der Waals surface area contributed by atoms with Gasteiger partial charge in [0.25, 0.3) is 5.91 Å². The van der Waals surface area contributed by atoms with Crippen molar-refractivity contribution >= 4 is 23.3 Å². The average molecular weight is 329 g/mol. The molecule has 0 fully saturated rings. The molecule has 0 bridgehead atoms. The van der Waals surface area contributed by atoms with E-state index in [1.807, 2.05) is 0 Å². The summed E-state index contributed by atoms with van der Waals surface area (Å²) in [6, 6.07) is 11.7. The lowest BCUT2D eigenvalue weighted by Crippen LogP contribution is -2.30. The highest BCUT2D eigenvalue weighted by Crippen LogP contribution is 2.13. The van der Waals surface area contributed by atoms with E-state index in [0.717, 1.165) is 6.07 Å². The molecule has 0 aliphatic carbocycles. The van der Waals surface area contributed by atoms with Gasteiger partial charge < -0.3 is 10.1 Å². The number of esters is 1. The molecule has 1 atom stereocenters. The van der Waals surface area contributed by atoms with Crippen LogP contribution in [-0.4, -0.2) is 23.8 Å². The van der Waals surface area contributed by atoms with Crippen LogP contribution in [0.15, 0.2) is 48.5 Å². The summed E-state index contributed by atoms with van der Waals surface area (Å²) in [6.07, 6.45) is -1.11. The number of nitrogens with one attached hydrogen (secondary N) is 1. The van der Waals surface area contributed by atoms with Crippen LogP contribution in [0.5, 0.6) is 0 Å². The van der Waals surface area contributed by atoms with Crippen LogP contribution in [0.2, 0.25) is 0 Å². The SMILES string of the molecule is CC(=O)c1ccc(NC(=O)[C@H](C)OC(=O)c2ccccc2F)cc1. The molecule has 2 aromatic carbocycles. The minimum Gasteiger partial charge on any atom is -0.449 e. The monoisotopic (exact) mass is 329 g/mol. The first kappa shape index (κ1) is 17.3. The molecule has 5 nitrogen and oxygen atoms in total. The van der Waals surface area contributed by atoms with E-state index in [9.17, 15) is 18.8 Å². The molecular weight excluding hydrogens is 313 g/mol. The highest BCUT2D eigenvalue weighted by Gasteiger charge is 2.21. The molecule has 0 heterocycles. The number of carbonyl (C=O) groups is 3. The summed E-state index contributed by atoms with van der Waals surface area (Å²) in [7, 11) is 0. The Morgan fingerprint density at radius 2 is 1.67 bits per heavy atom. The van der Waals surface area contributed by atoms with E-state index in [0.29, 0.717) is 11.3 Å². The first-order valence-corrected chi connectivity index (χ1v) is 7.26. The second-order valence-corrected chi connectivity index (χ2v) is 5.15. The molecule has 24 heavy (non-hydrogen) atoms. The molecule has 0 radical (unpaired) electrons. The number of amides is 1. The molecule has 0 spiro atoms. The summed E-state index contributed by atoms with van der Waals surface area (Å²) in [5.41, 5.74) is 0.744. The summed E-state index contributed by atoms with van der Waals surface area (Å²) >= 11 is 0. The zero-order chi connectivity index (χ0) is 17.7. The highest BCUT2D eigenvalue weighted by atomic mass is 19.1. The Labute approximate surface area is 138 Å². The number of ether oxygens (including phenoxy) is 1. The largest absolute Gasteiger partial charge is 0.449 e. The lowest BCUT2D eigenvalue weighted by molar-refractivity contribution is -0.123. The Morgan fingerprint density at radius 1 is 1.04 bits per heavy atom. The van der Waals surface area contributed by atoms with Crippen molar-refractivity contribution in [2.45, 2.75) is 20.0 Å². The van der Waals surface area contributed by atoms with Crippen molar-refractivity contribution in [2.75, 3.05) is 5.32 Å². The van der Waals surface area contributed by atoms with Gasteiger partial charge in [-0.2, -0.15) is 0 Å². The van der Waals surface area contributed by atoms with E-state index in [1.165, 1.54) is 32.0 Å². The molecule has 1 amide bonds. The fourth-order valence-corrected chi connectivity index (χ4v) is 1.94. The number of Topliss-reactive ketones (excluding diaryl/α,β-unsaturated/α-hetero) is 1. The molecule has 124 valence electrons. The van der Waals surface area contributed by atoms with E-state index < -0.39 is 23.8 Å². The maximum atomic E-state index is 13.5. The van der Waals surface area contributed by atoms with Crippen molar-refractivity contribution in [3.8, 4) is 0 Å². The van der Waals surface area contributed by atoms with Crippen LogP contribution in [0.1, 0.15) is 34.6 Å². The maximum absolute atomic E-state index is 13.5. The summed E-state index contributed by atoms with van der Waals surface area (Å²) in [5, 5.41) is 2.56. The third-order valence-corrected chi connectivity index (χ3v) is 3.31. The fraction of sp³-hybridized carbons (Fsp3) is 0.167. The number of carbonyl (C=O) groups excluding carboxylic acids is 3. The molecule has 0 aliphatic heterocycles. The van der Waals surface area contributed by atoms with Crippen molar-refractivity contribution in [1.82, 2.24) is 0 Å². The predicted octanol–water partition coefficient (Wildman–Crippen LogP) is 3.21. The third kappa shape index (κ3) is 4.25. The maximum Gasteiger partial charge on any atom is 0.341 e. The number of ketones is 1. The van der Waals surface area contributed by atoms with Gasteiger partial charge in [0.1, 0.15) is 5.82 Å². The van der Waals surface area contributed by atoms with E-state index in [4.69, 9.17) is 4.74 Å². The lowest BCUT2D eigenvalue weighted by atomic mass is 10.1. The van der Waals surface area contributed by atoms with Gasteiger partial charge in [0, 0.05) is 11.3 Å². The number of hydrogen-bond acceptors (Lipinski definition) is 4. The van der Waals surface area contributed by atoms with E-state index in [-0.39, 0.29) is 11.3 Å². The molecule has 2 aromatic rings. The number of anilines is 1. The Balaban J connectivity index is 1.98. The predicted molar refractivity (Wildman–Crippen MR) is 86.4 cm³/mol. The molecule has 6 heteroatoms. The van der Waals surface area contributed by atoms with Crippen molar-refractivity contribution < 1.29 is 23.5 Å². The second kappa shape index (κ2) is 7.50. The molecule has 1 N–H and O–H groups in total. The zero-order valence-corrected chi connectivity index (χ0v) is 13.2. The first-order chi connectivity index (χ1) is 11.4. The van der Waals surface area contributed by atoms with Gasteiger partial charge in [0.05, 0.1) is 5.56 Å². The molecule has 0 unspecified atom stereocenters. The number of benzene rings is 2. The quantitative estimate of drug-likeness (QED) is 0.675. The fourth-order valence-electron chi connectivity index (χ4n) is 1.94. The Morgan fingerprint density at radius 3 is 2.25 bits per heavy atom. The third-order valence-electron chi connectivity index (χ3n) is 3.31. The molecule has 0 aliphatic rings. The topological polar surface area (TPSA) is 72.5 Å². The molecule has 0 saturated carbocycles. The van der Waals surface area contributed by atoms with Gasteiger partial charge in [-0.25, -0.2) is 9.18 Å². The average Bonchev–Trinajstić information content (AvgIpc) is 2.55. The minimum absolute atomic E-state index is 0.0833. The van der Waals surface area contributed by atoms with Crippen LogP contribution in [-0.2, 0) is 9.53 Å². The Kier molecular flexibility index (Phi) is 5.42. The van der Waals surface area contributed by atoms with Crippen molar-refractivity contribution in [1.29, 1.82) is 0 Å². The summed E-state index contributed by atoms with van der Waals surface area (Å²) in [6.45, 7) is 2.83. The van der Waals surface area contributed by atoms with Crippen molar-refractivity contribution in [3.05, 3.63) is 65.5 Å². The van der Waals surface area contributed by atoms with Crippen LogP contribution in [0.3, 0.4) is 0 Å². The smallest absolute Gasteiger partial charge is 0.341 e. The lowest BCUT2D eigenvalue weighted by Gasteiger charge is -2.14.